The van der Waals surface area contributed by atoms with Crippen LogP contribution in [0, 0.1) is 5.82 Å². The van der Waals surface area contributed by atoms with Crippen LogP contribution in [0.2, 0.25) is 0 Å². The van der Waals surface area contributed by atoms with Crippen molar-refractivity contribution < 1.29 is 29.3 Å². The molecule has 1 amide bonds. The maximum atomic E-state index is 14.1. The Morgan fingerprint density at radius 3 is 2.43 bits per heavy atom. The van der Waals surface area contributed by atoms with Crippen molar-refractivity contribution in [3.63, 3.8) is 0 Å². The summed E-state index contributed by atoms with van der Waals surface area (Å²) < 4.78 is 14.1. The highest BCUT2D eigenvalue weighted by atomic mass is 19.1. The molecule has 1 aliphatic heterocycles. The minimum Gasteiger partial charge on any atom is -0.481 e. The van der Waals surface area contributed by atoms with Crippen LogP contribution in [0.3, 0.4) is 0 Å². The molecule has 9 nitrogen and oxygen atoms in total. The molecule has 46 heavy (non-hydrogen) atoms. The molecule has 1 aromatic heterocycles. The lowest BCUT2D eigenvalue weighted by atomic mass is 9.86. The maximum Gasteiger partial charge on any atom is 0.305 e. The van der Waals surface area contributed by atoms with Gasteiger partial charge < -0.3 is 20.2 Å². The molecule has 10 heteroatoms. The SMILES string of the molecule is CC(C)c1nc2c(c(-c3ccc(F)cc3)c1/C=C/[C@@H](O)C[C@@H](O)CC(=O)O)CCCc1cc(C(=O)NN3CCN(C)CC3)ccc1-2. The molecular weight excluding hydrogens is 587 g/mol. The Balaban J connectivity index is 1.57. The van der Waals surface area contributed by atoms with Gasteiger partial charge >= 0.3 is 5.97 Å². The number of likely N-dealkylation sites (N-methyl/N-ethyl adjacent to an activating group) is 1. The molecule has 2 atom stereocenters. The molecule has 2 heterocycles. The van der Waals surface area contributed by atoms with E-state index in [1.54, 1.807) is 24.3 Å². The van der Waals surface area contributed by atoms with Crippen molar-refractivity contribution in [3.8, 4) is 22.4 Å². The predicted octanol–water partition coefficient (Wildman–Crippen LogP) is 4.66. The fraction of sp³-hybridized carbons (Fsp3) is 0.417. The smallest absolute Gasteiger partial charge is 0.305 e. The quantitative estimate of drug-likeness (QED) is 0.255. The zero-order chi connectivity index (χ0) is 33.0. The number of hydrogen-bond acceptors (Lipinski definition) is 7. The Hall–Kier alpha value is -3.96. The lowest BCUT2D eigenvalue weighted by Crippen LogP contribution is -2.52. The zero-order valence-electron chi connectivity index (χ0n) is 26.7. The fourth-order valence-corrected chi connectivity index (χ4v) is 6.28. The number of benzene rings is 2. The highest BCUT2D eigenvalue weighted by Crippen LogP contribution is 2.42. The van der Waals surface area contributed by atoms with Crippen molar-refractivity contribution in [1.29, 1.82) is 0 Å². The summed E-state index contributed by atoms with van der Waals surface area (Å²) in [7, 11) is 2.07. The Morgan fingerprint density at radius 2 is 1.76 bits per heavy atom. The Bertz CT molecular complexity index is 1600. The summed E-state index contributed by atoms with van der Waals surface area (Å²) in [6, 6.07) is 12.1. The van der Waals surface area contributed by atoms with Gasteiger partial charge in [0.2, 0.25) is 0 Å². The number of aliphatic carboxylic acids is 1. The lowest BCUT2D eigenvalue weighted by Gasteiger charge is -2.32. The van der Waals surface area contributed by atoms with Gasteiger partial charge in [0.1, 0.15) is 5.82 Å². The predicted molar refractivity (Wildman–Crippen MR) is 176 cm³/mol. The van der Waals surface area contributed by atoms with Crippen LogP contribution in [0.15, 0.2) is 48.5 Å². The standard InChI is InChI=1S/C36H43FN4O5/c1-22(2)34-31(14-12-27(42)20-28(43)21-32(44)45)33(23-7-10-26(37)11-8-23)30-6-4-5-24-19-25(9-13-29(24)35(30)38-34)36(46)39-41-17-15-40(3)16-18-41/h7-14,19,22,27-28,42-43H,4-6,15-18,20-21H2,1-3H3,(H,39,46)(H,44,45)/b14-12+/t27-,28-/m1/s1. The van der Waals surface area contributed by atoms with Gasteiger partial charge in [-0.25, -0.2) is 9.40 Å². The van der Waals surface area contributed by atoms with E-state index in [1.165, 1.54) is 12.1 Å². The summed E-state index contributed by atoms with van der Waals surface area (Å²) in [5.41, 5.74) is 10.8. The van der Waals surface area contributed by atoms with E-state index in [9.17, 15) is 24.2 Å². The largest absolute Gasteiger partial charge is 0.481 e. The summed E-state index contributed by atoms with van der Waals surface area (Å²) in [6.45, 7) is 7.40. The van der Waals surface area contributed by atoms with E-state index in [0.717, 1.165) is 83.8 Å². The van der Waals surface area contributed by atoms with E-state index in [1.807, 2.05) is 37.1 Å². The normalized spacial score (nSPS) is 16.9. The van der Waals surface area contributed by atoms with Crippen molar-refractivity contribution in [2.24, 2.45) is 0 Å². The fourth-order valence-electron chi connectivity index (χ4n) is 6.28. The molecule has 2 aliphatic rings. The van der Waals surface area contributed by atoms with Crippen LogP contribution in [0.25, 0.3) is 28.5 Å². The number of hydrazine groups is 1. The number of halogens is 1. The van der Waals surface area contributed by atoms with E-state index in [2.05, 4.69) is 17.4 Å². The molecule has 0 bridgehead atoms. The summed E-state index contributed by atoms with van der Waals surface area (Å²) in [4.78, 5) is 31.7. The average molecular weight is 631 g/mol. The third-order valence-electron chi connectivity index (χ3n) is 8.71. The van der Waals surface area contributed by atoms with Gasteiger partial charge in [-0.3, -0.25) is 20.0 Å². The van der Waals surface area contributed by atoms with Gasteiger partial charge in [-0.15, -0.1) is 0 Å². The van der Waals surface area contributed by atoms with E-state index in [0.29, 0.717) is 12.0 Å². The number of amides is 1. The van der Waals surface area contributed by atoms with Gasteiger partial charge in [0, 0.05) is 49.3 Å². The molecule has 0 spiro atoms. The number of carbonyl (C=O) groups excluding carboxylic acids is 1. The van der Waals surface area contributed by atoms with Gasteiger partial charge in [-0.2, -0.15) is 0 Å². The zero-order valence-corrected chi connectivity index (χ0v) is 26.7. The van der Waals surface area contributed by atoms with Crippen LogP contribution in [0.5, 0.6) is 0 Å². The minimum absolute atomic E-state index is 0.0146. The maximum absolute atomic E-state index is 14.1. The molecule has 5 rings (SSSR count). The van der Waals surface area contributed by atoms with Gasteiger partial charge in [0.05, 0.1) is 30.0 Å². The number of nitrogens with one attached hydrogen (secondary N) is 1. The molecule has 2 aromatic carbocycles. The van der Waals surface area contributed by atoms with Crippen molar-refractivity contribution in [3.05, 3.63) is 82.3 Å². The summed E-state index contributed by atoms with van der Waals surface area (Å²) in [5.74, 6) is -1.63. The number of piperazine rings is 1. The minimum atomic E-state index is -1.19. The number of aliphatic hydroxyl groups is 2. The van der Waals surface area contributed by atoms with E-state index >= 15 is 0 Å². The number of carboxylic acids is 1. The molecule has 3 aromatic rings. The first kappa shape index (κ1) is 33.4. The average Bonchev–Trinajstić information content (AvgIpc) is 3.19. The molecule has 1 aliphatic carbocycles. The molecule has 1 saturated heterocycles. The number of rotatable bonds is 10. The topological polar surface area (TPSA) is 126 Å². The van der Waals surface area contributed by atoms with Crippen molar-refractivity contribution >= 4 is 18.0 Å². The Morgan fingerprint density at radius 1 is 1.04 bits per heavy atom. The molecule has 1 fully saturated rings. The number of aryl methyl sites for hydroxylation is 1. The first-order chi connectivity index (χ1) is 22.0. The second-order valence-corrected chi connectivity index (χ2v) is 12.6. The van der Waals surface area contributed by atoms with Crippen LogP contribution in [-0.2, 0) is 17.6 Å². The number of fused-ring (bicyclic) bond motifs is 3. The molecule has 0 radical (unpaired) electrons. The number of carbonyl (C=O) groups is 2. The number of hydrogen-bond donors (Lipinski definition) is 4. The van der Waals surface area contributed by atoms with Crippen LogP contribution >= 0.6 is 0 Å². The highest BCUT2D eigenvalue weighted by molar-refractivity contribution is 5.95. The molecular formula is C36H43FN4O5. The van der Waals surface area contributed by atoms with Gasteiger partial charge in [0.25, 0.3) is 5.91 Å². The van der Waals surface area contributed by atoms with Gasteiger partial charge in [-0.05, 0) is 78.7 Å². The van der Waals surface area contributed by atoms with Gasteiger partial charge in [-0.1, -0.05) is 44.2 Å². The first-order valence-corrected chi connectivity index (χ1v) is 16.0. The number of aromatic nitrogens is 1. The monoisotopic (exact) mass is 630 g/mol. The molecule has 0 unspecified atom stereocenters. The second kappa shape index (κ2) is 14.6. The lowest BCUT2D eigenvalue weighted by molar-refractivity contribution is -0.139. The van der Waals surface area contributed by atoms with Crippen molar-refractivity contribution in [2.45, 2.75) is 64.1 Å². The third-order valence-corrected chi connectivity index (χ3v) is 8.71. The molecule has 244 valence electrons. The Kier molecular flexibility index (Phi) is 10.6. The second-order valence-electron chi connectivity index (χ2n) is 12.6. The van der Waals surface area contributed by atoms with Crippen LogP contribution in [0.4, 0.5) is 4.39 Å². The summed E-state index contributed by atoms with van der Waals surface area (Å²) in [6.07, 6.45) is 2.77. The van der Waals surface area contributed by atoms with E-state index in [-0.39, 0.29) is 24.1 Å². The molecule has 4 N–H and O–H groups in total. The molecule has 0 saturated carbocycles. The number of aliphatic hydroxyl groups excluding tert-OH is 2. The summed E-state index contributed by atoms with van der Waals surface area (Å²) in [5, 5.41) is 31.7. The van der Waals surface area contributed by atoms with Crippen LogP contribution < -0.4 is 5.43 Å². The van der Waals surface area contributed by atoms with Crippen molar-refractivity contribution in [2.75, 3.05) is 33.2 Å². The number of pyridine rings is 1. The van der Waals surface area contributed by atoms with E-state index < -0.39 is 24.6 Å². The first-order valence-electron chi connectivity index (χ1n) is 16.0. The highest BCUT2D eigenvalue weighted by Gasteiger charge is 2.26. The van der Waals surface area contributed by atoms with Gasteiger partial charge in [0.15, 0.2) is 0 Å². The van der Waals surface area contributed by atoms with Crippen LogP contribution in [-0.4, -0.2) is 87.5 Å². The number of carboxylic acid groups (broad SMARTS) is 1. The number of nitrogens with zero attached hydrogens (tertiary/aromatic N) is 3. The van der Waals surface area contributed by atoms with Crippen molar-refractivity contribution in [1.82, 2.24) is 20.3 Å². The summed E-state index contributed by atoms with van der Waals surface area (Å²) >= 11 is 0. The van der Waals surface area contributed by atoms with E-state index in [4.69, 9.17) is 10.1 Å². The third kappa shape index (κ3) is 7.87. The van der Waals surface area contributed by atoms with Crippen LogP contribution in [0.1, 0.15) is 71.8 Å². The Labute approximate surface area is 269 Å².